The van der Waals surface area contributed by atoms with E-state index in [1.807, 2.05) is 11.8 Å². The van der Waals surface area contributed by atoms with Crippen molar-refractivity contribution in [1.82, 2.24) is 30.0 Å². The second-order valence-corrected chi connectivity index (χ2v) is 6.00. The van der Waals surface area contributed by atoms with E-state index in [0.29, 0.717) is 30.9 Å². The largest absolute Gasteiger partial charge is 0.352 e. The van der Waals surface area contributed by atoms with Crippen molar-refractivity contribution in [2.45, 2.75) is 19.8 Å². The Kier molecular flexibility index (Phi) is 4.83. The Balaban J connectivity index is 1.55. The Morgan fingerprint density at radius 1 is 1.46 bits per heavy atom. The molecule has 0 unspecified atom stereocenters. The molecule has 8 nitrogen and oxygen atoms in total. The van der Waals surface area contributed by atoms with Crippen molar-refractivity contribution >= 4 is 11.8 Å². The van der Waals surface area contributed by atoms with Gasteiger partial charge in [0.1, 0.15) is 12.7 Å². The third kappa shape index (κ3) is 3.76. The Hall–Kier alpha value is -2.77. The van der Waals surface area contributed by atoms with Crippen LogP contribution < -0.4 is 5.32 Å². The van der Waals surface area contributed by atoms with Gasteiger partial charge in [-0.1, -0.05) is 6.92 Å². The third-order valence-corrected chi connectivity index (χ3v) is 3.98. The van der Waals surface area contributed by atoms with E-state index in [1.165, 1.54) is 17.3 Å². The highest BCUT2D eigenvalue weighted by Gasteiger charge is 2.22. The minimum atomic E-state index is -0.168. The zero-order valence-corrected chi connectivity index (χ0v) is 13.6. The molecule has 1 atom stereocenters. The third-order valence-electron chi connectivity index (χ3n) is 3.98. The summed E-state index contributed by atoms with van der Waals surface area (Å²) in [7, 11) is 0. The van der Waals surface area contributed by atoms with Crippen LogP contribution in [0, 0.1) is 5.92 Å². The predicted molar refractivity (Wildman–Crippen MR) is 86.5 cm³/mol. The fourth-order valence-corrected chi connectivity index (χ4v) is 2.72. The van der Waals surface area contributed by atoms with E-state index in [1.54, 1.807) is 18.3 Å². The van der Waals surface area contributed by atoms with Gasteiger partial charge >= 0.3 is 0 Å². The lowest BCUT2D eigenvalue weighted by Gasteiger charge is -2.21. The first-order valence-corrected chi connectivity index (χ1v) is 8.00. The van der Waals surface area contributed by atoms with Crippen molar-refractivity contribution in [1.29, 1.82) is 0 Å². The molecule has 1 aliphatic rings. The van der Waals surface area contributed by atoms with E-state index in [2.05, 4.69) is 20.4 Å². The van der Waals surface area contributed by atoms with Crippen molar-refractivity contribution in [2.75, 3.05) is 19.6 Å². The van der Waals surface area contributed by atoms with Gasteiger partial charge < -0.3 is 10.2 Å². The quantitative estimate of drug-likeness (QED) is 0.840. The Bertz CT molecular complexity index is 715. The van der Waals surface area contributed by atoms with E-state index in [-0.39, 0.29) is 17.7 Å². The van der Waals surface area contributed by atoms with Crippen LogP contribution in [0.5, 0.6) is 0 Å². The van der Waals surface area contributed by atoms with Gasteiger partial charge in [0.2, 0.25) is 5.91 Å². The lowest BCUT2D eigenvalue weighted by molar-refractivity contribution is -0.128. The molecular formula is C16H20N6O2. The van der Waals surface area contributed by atoms with Crippen molar-refractivity contribution in [2.24, 2.45) is 5.92 Å². The topological polar surface area (TPSA) is 93.0 Å². The number of nitrogens with zero attached hydrogens (tertiary/aromatic N) is 5. The summed E-state index contributed by atoms with van der Waals surface area (Å²) in [6.07, 6.45) is 6.08. The highest BCUT2D eigenvalue weighted by Crippen LogP contribution is 2.12. The number of pyridine rings is 1. The molecular weight excluding hydrogens is 308 g/mol. The Labute approximate surface area is 139 Å². The minimum Gasteiger partial charge on any atom is -0.352 e. The molecule has 2 amide bonds. The van der Waals surface area contributed by atoms with E-state index < -0.39 is 0 Å². The lowest BCUT2D eigenvalue weighted by Crippen LogP contribution is -2.36. The number of amides is 2. The summed E-state index contributed by atoms with van der Waals surface area (Å²) in [5.74, 6) is 0.779. The van der Waals surface area contributed by atoms with Crippen LogP contribution in [0.4, 0.5) is 0 Å². The number of hydrogen-bond acceptors (Lipinski definition) is 5. The van der Waals surface area contributed by atoms with Crippen molar-refractivity contribution in [3.63, 3.8) is 0 Å². The van der Waals surface area contributed by atoms with Gasteiger partial charge in [-0.05, 0) is 24.5 Å². The number of rotatable bonds is 6. The zero-order chi connectivity index (χ0) is 16.9. The Morgan fingerprint density at radius 2 is 2.33 bits per heavy atom. The fourth-order valence-electron chi connectivity index (χ4n) is 2.72. The van der Waals surface area contributed by atoms with Crippen LogP contribution in [-0.2, 0) is 4.79 Å². The first kappa shape index (κ1) is 16.1. The van der Waals surface area contributed by atoms with Gasteiger partial charge in [-0.15, -0.1) is 0 Å². The van der Waals surface area contributed by atoms with Crippen LogP contribution in [0.1, 0.15) is 30.1 Å². The van der Waals surface area contributed by atoms with Crippen LogP contribution in [0.25, 0.3) is 5.82 Å². The highest BCUT2D eigenvalue weighted by atomic mass is 16.2. The molecule has 1 aliphatic heterocycles. The first-order valence-electron chi connectivity index (χ1n) is 8.00. The Morgan fingerprint density at radius 3 is 3.04 bits per heavy atom. The number of carbonyl (C=O) groups is 2. The maximum Gasteiger partial charge on any atom is 0.251 e. The fraction of sp³-hybridized carbons (Fsp3) is 0.438. The molecule has 24 heavy (non-hydrogen) atoms. The summed E-state index contributed by atoms with van der Waals surface area (Å²) >= 11 is 0. The van der Waals surface area contributed by atoms with Crippen LogP contribution in [0.3, 0.4) is 0 Å². The van der Waals surface area contributed by atoms with Gasteiger partial charge in [-0.3, -0.25) is 9.59 Å². The van der Waals surface area contributed by atoms with E-state index in [4.69, 9.17) is 0 Å². The molecule has 0 spiro atoms. The molecule has 2 aromatic rings. The molecule has 3 heterocycles. The summed E-state index contributed by atoms with van der Waals surface area (Å²) in [6.45, 7) is 4.05. The smallest absolute Gasteiger partial charge is 0.251 e. The maximum atomic E-state index is 12.3. The molecule has 8 heteroatoms. The highest BCUT2D eigenvalue weighted by molar-refractivity contribution is 5.94. The van der Waals surface area contributed by atoms with Crippen LogP contribution in [0.15, 0.2) is 31.0 Å². The van der Waals surface area contributed by atoms with Crippen LogP contribution in [-0.4, -0.2) is 56.1 Å². The average Bonchev–Trinajstić information content (AvgIpc) is 3.25. The predicted octanol–water partition coefficient (Wildman–Crippen LogP) is 0.651. The van der Waals surface area contributed by atoms with Crippen LogP contribution >= 0.6 is 0 Å². The van der Waals surface area contributed by atoms with E-state index in [0.717, 1.165) is 13.0 Å². The van der Waals surface area contributed by atoms with Crippen molar-refractivity contribution < 1.29 is 9.59 Å². The standard InChI is InChI=1S/C16H20N6O2/c1-12(9-21-6-2-3-15(21)23)8-19-16(24)13-4-5-18-14(7-13)22-11-17-10-20-22/h4-5,7,10-12H,2-3,6,8-9H2,1H3,(H,19,24)/t12-/m1/s1. The second kappa shape index (κ2) is 7.20. The molecule has 3 rings (SSSR count). The van der Waals surface area contributed by atoms with Gasteiger partial charge in [0.05, 0.1) is 0 Å². The molecule has 1 saturated heterocycles. The average molecular weight is 328 g/mol. The molecule has 0 aromatic carbocycles. The number of carbonyl (C=O) groups excluding carboxylic acids is 2. The van der Waals surface area contributed by atoms with Gasteiger partial charge in [0.25, 0.3) is 5.91 Å². The molecule has 0 radical (unpaired) electrons. The van der Waals surface area contributed by atoms with Crippen molar-refractivity contribution in [3.8, 4) is 5.82 Å². The van der Waals surface area contributed by atoms with Gasteiger partial charge in [0, 0.05) is 37.8 Å². The van der Waals surface area contributed by atoms with Gasteiger partial charge in [-0.2, -0.15) is 5.10 Å². The normalized spacial score (nSPS) is 15.5. The van der Waals surface area contributed by atoms with E-state index in [9.17, 15) is 9.59 Å². The molecule has 1 fully saturated rings. The van der Waals surface area contributed by atoms with E-state index >= 15 is 0 Å². The molecule has 0 bridgehead atoms. The lowest BCUT2D eigenvalue weighted by atomic mass is 10.1. The number of likely N-dealkylation sites (tertiary alicyclic amines) is 1. The maximum absolute atomic E-state index is 12.3. The monoisotopic (exact) mass is 328 g/mol. The molecule has 126 valence electrons. The minimum absolute atomic E-state index is 0.168. The summed E-state index contributed by atoms with van der Waals surface area (Å²) in [5, 5.41) is 6.91. The molecule has 0 saturated carbocycles. The van der Waals surface area contributed by atoms with Crippen LogP contribution in [0.2, 0.25) is 0 Å². The van der Waals surface area contributed by atoms with Gasteiger partial charge in [0.15, 0.2) is 5.82 Å². The number of aromatic nitrogens is 4. The number of nitrogens with one attached hydrogen (secondary N) is 1. The SMILES string of the molecule is C[C@H](CNC(=O)c1ccnc(-n2cncn2)c1)CN1CCCC1=O. The summed E-state index contributed by atoms with van der Waals surface area (Å²) in [6, 6.07) is 3.32. The molecule has 1 N–H and O–H groups in total. The second-order valence-electron chi connectivity index (χ2n) is 6.00. The molecule has 0 aliphatic carbocycles. The number of hydrogen-bond donors (Lipinski definition) is 1. The molecule has 2 aromatic heterocycles. The summed E-state index contributed by atoms with van der Waals surface area (Å²) in [4.78, 5) is 33.9. The van der Waals surface area contributed by atoms with Crippen molar-refractivity contribution in [3.05, 3.63) is 36.5 Å². The zero-order valence-electron chi connectivity index (χ0n) is 13.6. The summed E-state index contributed by atoms with van der Waals surface area (Å²) < 4.78 is 1.50. The first-order chi connectivity index (χ1) is 11.6. The summed E-state index contributed by atoms with van der Waals surface area (Å²) in [5.41, 5.74) is 0.514. The van der Waals surface area contributed by atoms with Gasteiger partial charge in [-0.25, -0.2) is 14.6 Å².